The molecule has 0 aromatic carbocycles. The zero-order chi connectivity index (χ0) is 12.1. The Kier molecular flexibility index (Phi) is 13.0. The van der Waals surface area contributed by atoms with Gasteiger partial charge in [0.15, 0.2) is 0 Å². The maximum atomic E-state index is 10.2. The molecule has 1 heteroatoms. The van der Waals surface area contributed by atoms with Gasteiger partial charge >= 0.3 is 0 Å². The highest BCUT2D eigenvalue weighted by Gasteiger charge is 2.03. The molecule has 0 heterocycles. The molecule has 0 amide bonds. The molecule has 1 atom stereocenters. The van der Waals surface area contributed by atoms with Crippen molar-refractivity contribution in [1.82, 2.24) is 0 Å². The van der Waals surface area contributed by atoms with Crippen LogP contribution in [0.25, 0.3) is 0 Å². The van der Waals surface area contributed by atoms with Crippen molar-refractivity contribution in [2.45, 2.75) is 84.5 Å². The Bertz CT molecular complexity index is 123. The minimum absolute atomic E-state index is 0.120. The zero-order valence-electron chi connectivity index (χ0n) is 11.5. The molecular weight excluding hydrogens is 196 g/mol. The summed E-state index contributed by atoms with van der Waals surface area (Å²) in [4.78, 5) is 0. The second-order valence-corrected chi connectivity index (χ2v) is 5.03. The fourth-order valence-electron chi connectivity index (χ4n) is 2.38. The summed E-state index contributed by atoms with van der Waals surface area (Å²) in [5, 5.41) is 10.2. The highest BCUT2D eigenvalue weighted by Crippen LogP contribution is 2.19. The molecule has 0 aliphatic rings. The summed E-state index contributed by atoms with van der Waals surface area (Å²) in [7, 11) is 0. The monoisotopic (exact) mass is 227 g/mol. The van der Waals surface area contributed by atoms with Crippen molar-refractivity contribution in [2.75, 3.05) is 6.61 Å². The zero-order valence-corrected chi connectivity index (χ0v) is 11.5. The number of unbranched alkanes of at least 4 members (excludes halogenated alkanes) is 6. The Morgan fingerprint density at radius 2 is 1.31 bits per heavy atom. The van der Waals surface area contributed by atoms with Crippen molar-refractivity contribution in [3.8, 4) is 0 Å². The topological polar surface area (TPSA) is 19.9 Å². The molecular formula is C15H31O. The van der Waals surface area contributed by atoms with Crippen molar-refractivity contribution >= 4 is 0 Å². The fourth-order valence-corrected chi connectivity index (χ4v) is 2.38. The third-order valence-electron chi connectivity index (χ3n) is 3.53. The van der Waals surface area contributed by atoms with Crippen LogP contribution in [0.1, 0.15) is 84.5 Å². The van der Waals surface area contributed by atoms with E-state index in [2.05, 4.69) is 13.8 Å². The predicted molar refractivity (Wildman–Crippen MR) is 71.2 cm³/mol. The highest BCUT2D eigenvalue weighted by atomic mass is 16.2. The molecule has 0 N–H and O–H groups in total. The first-order chi connectivity index (χ1) is 7.85. The molecule has 0 saturated heterocycles. The lowest BCUT2D eigenvalue weighted by molar-refractivity contribution is 0.186. The molecule has 0 aliphatic heterocycles. The molecule has 97 valence electrons. The van der Waals surface area contributed by atoms with Gasteiger partial charge in [0.2, 0.25) is 0 Å². The Morgan fingerprint density at radius 1 is 0.750 bits per heavy atom. The van der Waals surface area contributed by atoms with Crippen LogP contribution in [0.15, 0.2) is 0 Å². The second kappa shape index (κ2) is 13.0. The summed E-state index contributed by atoms with van der Waals surface area (Å²) in [5.74, 6) is 0.977. The van der Waals surface area contributed by atoms with Crippen LogP contribution >= 0.6 is 0 Å². The lowest BCUT2D eigenvalue weighted by atomic mass is 9.94. The van der Waals surface area contributed by atoms with Crippen LogP contribution in [-0.2, 0) is 5.11 Å². The average Bonchev–Trinajstić information content (AvgIpc) is 2.31. The molecule has 0 aliphatic carbocycles. The normalized spacial score (nSPS) is 12.9. The van der Waals surface area contributed by atoms with Crippen LogP contribution < -0.4 is 0 Å². The van der Waals surface area contributed by atoms with E-state index in [1.807, 2.05) is 0 Å². The SMILES string of the molecule is CCCC(CC)CCCCCCCCC[O]. The smallest absolute Gasteiger partial charge is 0.0822 e. The third kappa shape index (κ3) is 10.5. The van der Waals surface area contributed by atoms with E-state index in [1.54, 1.807) is 0 Å². The first kappa shape index (κ1) is 16.0. The molecule has 1 unspecified atom stereocenters. The van der Waals surface area contributed by atoms with Crippen molar-refractivity contribution in [1.29, 1.82) is 0 Å². The second-order valence-electron chi connectivity index (χ2n) is 5.03. The van der Waals surface area contributed by atoms with E-state index in [0.29, 0.717) is 0 Å². The van der Waals surface area contributed by atoms with Gasteiger partial charge in [0.1, 0.15) is 0 Å². The minimum Gasteiger partial charge on any atom is -0.237 e. The van der Waals surface area contributed by atoms with Crippen LogP contribution in [-0.4, -0.2) is 6.61 Å². The lowest BCUT2D eigenvalue weighted by Gasteiger charge is -2.12. The van der Waals surface area contributed by atoms with Gasteiger partial charge in [-0.05, 0) is 12.3 Å². The first-order valence-electron chi connectivity index (χ1n) is 7.43. The van der Waals surface area contributed by atoms with Gasteiger partial charge in [-0.15, -0.1) is 0 Å². The van der Waals surface area contributed by atoms with Gasteiger partial charge in [-0.2, -0.15) is 0 Å². The van der Waals surface area contributed by atoms with Crippen molar-refractivity contribution < 1.29 is 5.11 Å². The summed E-state index contributed by atoms with van der Waals surface area (Å²) < 4.78 is 0. The molecule has 0 spiro atoms. The molecule has 0 aromatic heterocycles. The Labute approximate surface area is 103 Å². The summed E-state index contributed by atoms with van der Waals surface area (Å²) in [5.41, 5.74) is 0. The standard InChI is InChI=1S/C15H31O/c1-3-12-15(4-2)13-10-8-6-5-7-9-11-14-16/h15H,3-14H2,1-2H3. The van der Waals surface area contributed by atoms with Crippen LogP contribution in [0.5, 0.6) is 0 Å². The van der Waals surface area contributed by atoms with E-state index in [4.69, 9.17) is 0 Å². The van der Waals surface area contributed by atoms with Crippen molar-refractivity contribution in [2.24, 2.45) is 5.92 Å². The van der Waals surface area contributed by atoms with E-state index in [-0.39, 0.29) is 6.61 Å². The van der Waals surface area contributed by atoms with Gasteiger partial charge in [-0.3, -0.25) is 0 Å². The van der Waals surface area contributed by atoms with Gasteiger partial charge in [0.25, 0.3) is 0 Å². The number of rotatable bonds is 12. The largest absolute Gasteiger partial charge is 0.237 e. The number of hydrogen-bond acceptors (Lipinski definition) is 0. The Balaban J connectivity index is 3.12. The van der Waals surface area contributed by atoms with Crippen LogP contribution in [0, 0.1) is 5.92 Å². The van der Waals surface area contributed by atoms with Crippen LogP contribution in [0.4, 0.5) is 0 Å². The Hall–Kier alpha value is -0.0400. The minimum atomic E-state index is 0.120. The van der Waals surface area contributed by atoms with Gasteiger partial charge < -0.3 is 0 Å². The Morgan fingerprint density at radius 3 is 1.81 bits per heavy atom. The third-order valence-corrected chi connectivity index (χ3v) is 3.53. The van der Waals surface area contributed by atoms with E-state index in [9.17, 15) is 5.11 Å². The van der Waals surface area contributed by atoms with Crippen molar-refractivity contribution in [3.63, 3.8) is 0 Å². The van der Waals surface area contributed by atoms with Crippen molar-refractivity contribution in [3.05, 3.63) is 0 Å². The maximum Gasteiger partial charge on any atom is 0.0822 e. The molecule has 0 saturated carbocycles. The van der Waals surface area contributed by atoms with Gasteiger partial charge in [0.05, 0.1) is 6.61 Å². The van der Waals surface area contributed by atoms with E-state index < -0.39 is 0 Å². The summed E-state index contributed by atoms with van der Waals surface area (Å²) in [6.07, 6.45) is 14.4. The molecule has 1 radical (unpaired) electrons. The molecule has 0 bridgehead atoms. The number of hydrogen-bond donors (Lipinski definition) is 0. The molecule has 0 fully saturated rings. The molecule has 0 rings (SSSR count). The summed E-state index contributed by atoms with van der Waals surface area (Å²) in [6, 6.07) is 0. The van der Waals surface area contributed by atoms with Gasteiger partial charge in [-0.25, -0.2) is 5.11 Å². The van der Waals surface area contributed by atoms with Gasteiger partial charge in [-0.1, -0.05) is 78.1 Å². The summed E-state index contributed by atoms with van der Waals surface area (Å²) >= 11 is 0. The highest BCUT2D eigenvalue weighted by molar-refractivity contribution is 4.57. The van der Waals surface area contributed by atoms with Crippen LogP contribution in [0.3, 0.4) is 0 Å². The van der Waals surface area contributed by atoms with Gasteiger partial charge in [0, 0.05) is 0 Å². The van der Waals surface area contributed by atoms with E-state index >= 15 is 0 Å². The molecule has 0 aromatic rings. The predicted octanol–water partition coefficient (Wildman–Crippen LogP) is 5.36. The molecule has 16 heavy (non-hydrogen) atoms. The van der Waals surface area contributed by atoms with E-state index in [1.165, 1.54) is 57.8 Å². The summed E-state index contributed by atoms with van der Waals surface area (Å²) in [6.45, 7) is 4.73. The first-order valence-corrected chi connectivity index (χ1v) is 7.43. The fraction of sp³-hybridized carbons (Fsp3) is 1.00. The maximum absolute atomic E-state index is 10.2. The quantitative estimate of drug-likeness (QED) is 0.400. The molecule has 1 nitrogen and oxygen atoms in total. The van der Waals surface area contributed by atoms with Crippen LogP contribution in [0.2, 0.25) is 0 Å². The average molecular weight is 227 g/mol. The lowest BCUT2D eigenvalue weighted by Crippen LogP contribution is -1.97. The van der Waals surface area contributed by atoms with E-state index in [0.717, 1.165) is 18.8 Å².